The Balaban J connectivity index is 1.28. The highest BCUT2D eigenvalue weighted by molar-refractivity contribution is 5.88. The Morgan fingerprint density at radius 2 is 1.97 bits per heavy atom. The molecule has 1 aliphatic heterocycles. The summed E-state index contributed by atoms with van der Waals surface area (Å²) in [5.41, 5.74) is 5.38. The first kappa shape index (κ1) is 21.7. The molecule has 2 aromatic heterocycles. The standard InChI is InChI=1S/C27H31N5O/c28-19-21-5-7-23(8-6-21)26-27-25(20-30-32(27)17-13-29-26)22-9-11-24(12-10-22)33-18-4-16-31-14-2-1-3-15-31/h7,9-13,17,20-21H,1-6,8,14-16,18H2. The Morgan fingerprint density at radius 3 is 2.73 bits per heavy atom. The highest BCUT2D eigenvalue weighted by Crippen LogP contribution is 2.35. The molecule has 0 radical (unpaired) electrons. The van der Waals surface area contributed by atoms with Crippen LogP contribution in [0.4, 0.5) is 0 Å². The Morgan fingerprint density at radius 1 is 1.12 bits per heavy atom. The van der Waals surface area contributed by atoms with Crippen LogP contribution in [0.2, 0.25) is 0 Å². The number of likely N-dealkylation sites (tertiary alicyclic amines) is 1. The minimum atomic E-state index is 0.116. The Bertz CT molecular complexity index is 1150. The van der Waals surface area contributed by atoms with E-state index in [0.717, 1.165) is 66.9 Å². The number of nitriles is 1. The summed E-state index contributed by atoms with van der Waals surface area (Å²) in [4.78, 5) is 7.26. The molecule has 3 heterocycles. The van der Waals surface area contributed by atoms with Crippen LogP contribution in [0.25, 0.3) is 22.2 Å². The van der Waals surface area contributed by atoms with Crippen LogP contribution in [0, 0.1) is 17.2 Å². The molecule has 1 aliphatic carbocycles. The van der Waals surface area contributed by atoms with Gasteiger partial charge in [0.1, 0.15) is 5.75 Å². The van der Waals surface area contributed by atoms with Crippen molar-refractivity contribution in [2.75, 3.05) is 26.2 Å². The zero-order chi connectivity index (χ0) is 22.5. The summed E-state index contributed by atoms with van der Waals surface area (Å²) in [5, 5.41) is 13.8. The van der Waals surface area contributed by atoms with Gasteiger partial charge in [-0.3, -0.25) is 4.98 Å². The molecule has 6 heteroatoms. The topological polar surface area (TPSA) is 66.5 Å². The van der Waals surface area contributed by atoms with Crippen molar-refractivity contribution in [3.63, 3.8) is 0 Å². The maximum absolute atomic E-state index is 9.21. The van der Waals surface area contributed by atoms with Crippen LogP contribution in [0.3, 0.4) is 0 Å². The third-order valence-electron chi connectivity index (χ3n) is 6.83. The van der Waals surface area contributed by atoms with E-state index in [-0.39, 0.29) is 5.92 Å². The summed E-state index contributed by atoms with van der Waals surface area (Å²) < 4.78 is 7.90. The highest BCUT2D eigenvalue weighted by atomic mass is 16.5. The number of allylic oxidation sites excluding steroid dienone is 2. The molecule has 0 spiro atoms. The molecule has 3 aromatic rings. The Labute approximate surface area is 195 Å². The van der Waals surface area contributed by atoms with Gasteiger partial charge in [-0.05, 0) is 74.9 Å². The number of benzene rings is 1. The minimum absolute atomic E-state index is 0.116. The molecule has 1 saturated heterocycles. The van der Waals surface area contributed by atoms with Gasteiger partial charge >= 0.3 is 0 Å². The summed E-state index contributed by atoms with van der Waals surface area (Å²) >= 11 is 0. The van der Waals surface area contributed by atoms with E-state index in [1.54, 1.807) is 6.20 Å². The van der Waals surface area contributed by atoms with Crippen LogP contribution in [0.1, 0.15) is 50.6 Å². The van der Waals surface area contributed by atoms with Crippen LogP contribution in [0.5, 0.6) is 5.75 Å². The van der Waals surface area contributed by atoms with Crippen LogP contribution in [-0.2, 0) is 0 Å². The third kappa shape index (κ3) is 4.94. The largest absolute Gasteiger partial charge is 0.494 e. The predicted octanol–water partition coefficient (Wildman–Crippen LogP) is 5.36. The number of hydrogen-bond donors (Lipinski definition) is 0. The van der Waals surface area contributed by atoms with Crippen LogP contribution in [-0.4, -0.2) is 45.7 Å². The number of hydrogen-bond acceptors (Lipinski definition) is 5. The fraction of sp³-hybridized carbons (Fsp3) is 0.444. The van der Waals surface area contributed by atoms with E-state index in [9.17, 15) is 5.26 Å². The van der Waals surface area contributed by atoms with E-state index >= 15 is 0 Å². The number of rotatable bonds is 7. The Kier molecular flexibility index (Phi) is 6.68. The quantitative estimate of drug-likeness (QED) is 0.462. The molecule has 6 nitrogen and oxygen atoms in total. The second-order valence-corrected chi connectivity index (χ2v) is 9.09. The zero-order valence-corrected chi connectivity index (χ0v) is 19.1. The van der Waals surface area contributed by atoms with E-state index < -0.39 is 0 Å². The lowest BCUT2D eigenvalue weighted by Crippen LogP contribution is -2.31. The first-order valence-corrected chi connectivity index (χ1v) is 12.2. The van der Waals surface area contributed by atoms with E-state index in [1.807, 2.05) is 29.0 Å². The zero-order valence-electron chi connectivity index (χ0n) is 19.1. The first-order valence-electron chi connectivity index (χ1n) is 12.2. The van der Waals surface area contributed by atoms with Crippen molar-refractivity contribution >= 4 is 11.1 Å². The third-order valence-corrected chi connectivity index (χ3v) is 6.83. The van der Waals surface area contributed by atoms with E-state index in [0.29, 0.717) is 0 Å². The lowest BCUT2D eigenvalue weighted by molar-refractivity contribution is 0.205. The number of fused-ring (bicyclic) bond motifs is 1. The summed E-state index contributed by atoms with van der Waals surface area (Å²) in [5.74, 6) is 1.02. The average molecular weight is 442 g/mol. The van der Waals surface area contributed by atoms with Gasteiger partial charge in [-0.2, -0.15) is 10.4 Å². The summed E-state index contributed by atoms with van der Waals surface area (Å²) in [7, 11) is 0. The maximum Gasteiger partial charge on any atom is 0.119 e. The number of ether oxygens (including phenoxy) is 1. The molecule has 33 heavy (non-hydrogen) atoms. The predicted molar refractivity (Wildman–Crippen MR) is 130 cm³/mol. The normalized spacial score (nSPS) is 19.2. The second-order valence-electron chi connectivity index (χ2n) is 9.09. The van der Waals surface area contributed by atoms with E-state index in [2.05, 4.69) is 34.3 Å². The first-order chi connectivity index (χ1) is 16.3. The molecule has 1 atom stereocenters. The van der Waals surface area contributed by atoms with Crippen molar-refractivity contribution < 1.29 is 4.74 Å². The second kappa shape index (κ2) is 10.2. The van der Waals surface area contributed by atoms with E-state index in [1.165, 1.54) is 37.9 Å². The molecule has 0 saturated carbocycles. The molecule has 2 aliphatic rings. The molecule has 0 amide bonds. The summed E-state index contributed by atoms with van der Waals surface area (Å²) in [6.45, 7) is 4.35. The van der Waals surface area contributed by atoms with Crippen LogP contribution >= 0.6 is 0 Å². The molecule has 0 N–H and O–H groups in total. The summed E-state index contributed by atoms with van der Waals surface area (Å²) in [6, 6.07) is 10.7. The molecular formula is C27H31N5O. The lowest BCUT2D eigenvalue weighted by Gasteiger charge is -2.26. The molecule has 170 valence electrons. The van der Waals surface area contributed by atoms with Crippen molar-refractivity contribution in [3.8, 4) is 22.9 Å². The van der Waals surface area contributed by atoms with Crippen LogP contribution in [0.15, 0.2) is 48.9 Å². The fourth-order valence-electron chi connectivity index (χ4n) is 4.95. The van der Waals surface area contributed by atoms with Gasteiger partial charge in [-0.15, -0.1) is 0 Å². The molecule has 1 aromatic carbocycles. The molecule has 1 fully saturated rings. The van der Waals surface area contributed by atoms with E-state index in [4.69, 9.17) is 9.72 Å². The minimum Gasteiger partial charge on any atom is -0.494 e. The maximum atomic E-state index is 9.21. The number of aromatic nitrogens is 3. The van der Waals surface area contributed by atoms with Crippen molar-refractivity contribution in [1.29, 1.82) is 5.26 Å². The lowest BCUT2D eigenvalue weighted by atomic mass is 9.88. The van der Waals surface area contributed by atoms with Crippen LogP contribution < -0.4 is 4.74 Å². The van der Waals surface area contributed by atoms with Crippen molar-refractivity contribution in [1.82, 2.24) is 19.5 Å². The van der Waals surface area contributed by atoms with Crippen molar-refractivity contribution in [2.24, 2.45) is 5.92 Å². The van der Waals surface area contributed by atoms with Gasteiger partial charge in [-0.25, -0.2) is 4.52 Å². The number of piperidine rings is 1. The molecule has 0 bridgehead atoms. The fourth-order valence-corrected chi connectivity index (χ4v) is 4.95. The van der Waals surface area contributed by atoms with Gasteiger partial charge in [0.2, 0.25) is 0 Å². The molecular weight excluding hydrogens is 410 g/mol. The smallest absolute Gasteiger partial charge is 0.119 e. The van der Waals surface area contributed by atoms with Crippen molar-refractivity contribution in [2.45, 2.75) is 44.9 Å². The van der Waals surface area contributed by atoms with Gasteiger partial charge in [0.25, 0.3) is 0 Å². The highest BCUT2D eigenvalue weighted by Gasteiger charge is 2.20. The van der Waals surface area contributed by atoms with Gasteiger partial charge in [0.05, 0.1) is 36.0 Å². The monoisotopic (exact) mass is 441 g/mol. The van der Waals surface area contributed by atoms with Gasteiger partial charge in [0.15, 0.2) is 0 Å². The van der Waals surface area contributed by atoms with Gasteiger partial charge in [0, 0.05) is 24.5 Å². The molecule has 5 rings (SSSR count). The SMILES string of the molecule is N#CC1CC=C(c2nccn3ncc(-c4ccc(OCCCN5CCCCC5)cc4)c23)CC1. The van der Waals surface area contributed by atoms with Crippen molar-refractivity contribution in [3.05, 3.63) is 54.6 Å². The Hall–Kier alpha value is -3.17. The van der Waals surface area contributed by atoms with Gasteiger partial charge in [-0.1, -0.05) is 24.6 Å². The summed E-state index contributed by atoms with van der Waals surface area (Å²) in [6.07, 6.45) is 15.4. The van der Waals surface area contributed by atoms with Gasteiger partial charge < -0.3 is 9.64 Å². The molecule has 1 unspecified atom stereocenters. The number of nitrogens with zero attached hydrogens (tertiary/aromatic N) is 5. The average Bonchev–Trinajstić information content (AvgIpc) is 3.32.